The van der Waals surface area contributed by atoms with E-state index in [-0.39, 0.29) is 5.71 Å². The number of nitrogen functional groups attached to an aromatic ring is 2. The molecule has 0 saturated carbocycles. The second-order valence-electron chi connectivity index (χ2n) is 5.29. The van der Waals surface area contributed by atoms with E-state index < -0.39 is 0 Å². The van der Waals surface area contributed by atoms with Gasteiger partial charge in [-0.05, 0) is 30.2 Å². The molecule has 23 heavy (non-hydrogen) atoms. The van der Waals surface area contributed by atoms with Crippen molar-refractivity contribution in [3.8, 4) is 0 Å². The predicted octanol–water partition coefficient (Wildman–Crippen LogP) is 2.41. The minimum absolute atomic E-state index is 0.229. The van der Waals surface area contributed by atoms with Crippen LogP contribution in [0.5, 0.6) is 0 Å². The molecule has 2 aromatic rings. The summed E-state index contributed by atoms with van der Waals surface area (Å²) in [6, 6.07) is 12.9. The average molecular weight is 308 g/mol. The van der Waals surface area contributed by atoms with Crippen LogP contribution in [0.3, 0.4) is 0 Å². The number of anilines is 2. The first kappa shape index (κ1) is 16.3. The zero-order valence-corrected chi connectivity index (χ0v) is 13.0. The van der Waals surface area contributed by atoms with Gasteiger partial charge in [0, 0.05) is 29.1 Å². The summed E-state index contributed by atoms with van der Waals surface area (Å²) in [4.78, 5) is 11.2. The fraction of sp³-hybridized carbons (Fsp3) is 0.111. The molecule has 0 unspecified atom stereocenters. The van der Waals surface area contributed by atoms with Crippen LogP contribution in [0.25, 0.3) is 0 Å². The van der Waals surface area contributed by atoms with Crippen LogP contribution >= 0.6 is 0 Å². The van der Waals surface area contributed by atoms with E-state index >= 15 is 0 Å². The Kier molecular flexibility index (Phi) is 5.15. The largest absolute Gasteiger partial charge is 0.399 e. The molecule has 5 N–H and O–H groups in total. The van der Waals surface area contributed by atoms with E-state index in [9.17, 15) is 4.79 Å². The highest BCUT2D eigenvalue weighted by atomic mass is 16.1. The molecule has 0 aliphatic rings. The minimum Gasteiger partial charge on any atom is -0.399 e. The van der Waals surface area contributed by atoms with Gasteiger partial charge in [0.2, 0.25) is 0 Å². The Morgan fingerprint density at radius 3 is 2.61 bits per heavy atom. The number of benzene rings is 2. The van der Waals surface area contributed by atoms with Gasteiger partial charge in [0.25, 0.3) is 0 Å². The van der Waals surface area contributed by atoms with Crippen molar-refractivity contribution < 1.29 is 4.79 Å². The number of aldehydes is 1. The third kappa shape index (κ3) is 4.20. The summed E-state index contributed by atoms with van der Waals surface area (Å²) in [5.74, 6) is 0. The summed E-state index contributed by atoms with van der Waals surface area (Å²) in [7, 11) is 0. The Morgan fingerprint density at radius 1 is 1.22 bits per heavy atom. The average Bonchev–Trinajstić information content (AvgIpc) is 2.53. The monoisotopic (exact) mass is 308 g/mol. The topological polar surface area (TPSA) is 93.5 Å². The first-order valence-electron chi connectivity index (χ1n) is 7.17. The van der Waals surface area contributed by atoms with Gasteiger partial charge < -0.3 is 11.5 Å². The van der Waals surface area contributed by atoms with E-state index in [2.05, 4.69) is 17.1 Å². The van der Waals surface area contributed by atoms with E-state index in [1.54, 1.807) is 24.3 Å². The number of hydrogen-bond donors (Lipinski definition) is 3. The predicted molar refractivity (Wildman–Crippen MR) is 95.0 cm³/mol. The van der Waals surface area contributed by atoms with Gasteiger partial charge in [0.15, 0.2) is 6.29 Å². The molecule has 0 fully saturated rings. The van der Waals surface area contributed by atoms with Crippen LogP contribution in [-0.2, 0) is 11.2 Å². The van der Waals surface area contributed by atoms with Gasteiger partial charge in [-0.1, -0.05) is 36.9 Å². The molecule has 0 saturated heterocycles. The first-order valence-corrected chi connectivity index (χ1v) is 7.17. The summed E-state index contributed by atoms with van der Waals surface area (Å²) in [5, 5.41) is 4.10. The lowest BCUT2D eigenvalue weighted by molar-refractivity contribution is -0.102. The fourth-order valence-electron chi connectivity index (χ4n) is 2.11. The number of rotatable bonds is 6. The molecule has 0 aliphatic carbocycles. The van der Waals surface area contributed by atoms with E-state index in [1.165, 1.54) is 0 Å². The number of hydrogen-bond acceptors (Lipinski definition) is 5. The number of aryl methyl sites for hydroxylation is 1. The SMILES string of the molecule is C=C(Cc1ccc(C)c(N)c1)N/N=C(\C=O)c1ccccc1N. The van der Waals surface area contributed by atoms with Crippen LogP contribution in [-0.4, -0.2) is 12.0 Å². The molecule has 0 heterocycles. The van der Waals surface area contributed by atoms with E-state index in [0.29, 0.717) is 29.7 Å². The molecule has 118 valence electrons. The lowest BCUT2D eigenvalue weighted by Crippen LogP contribution is -2.14. The molecule has 0 amide bonds. The van der Waals surface area contributed by atoms with Crippen LogP contribution in [0.4, 0.5) is 11.4 Å². The number of nitrogens with two attached hydrogens (primary N) is 2. The molecule has 0 bridgehead atoms. The summed E-state index contributed by atoms with van der Waals surface area (Å²) in [6.45, 7) is 5.87. The van der Waals surface area contributed by atoms with Crippen molar-refractivity contribution in [3.63, 3.8) is 0 Å². The lowest BCUT2D eigenvalue weighted by Gasteiger charge is -2.09. The highest BCUT2D eigenvalue weighted by Gasteiger charge is 2.06. The molecular weight excluding hydrogens is 288 g/mol. The minimum atomic E-state index is 0.229. The Bertz CT molecular complexity index is 765. The Labute approximate surface area is 135 Å². The van der Waals surface area contributed by atoms with Crippen molar-refractivity contribution in [1.82, 2.24) is 5.43 Å². The number of hydrazone groups is 1. The molecule has 0 radical (unpaired) electrons. The van der Waals surface area contributed by atoms with Gasteiger partial charge in [0.1, 0.15) is 5.71 Å². The molecule has 0 aliphatic heterocycles. The normalized spacial score (nSPS) is 11.1. The first-order chi connectivity index (χ1) is 11.0. The van der Waals surface area contributed by atoms with Crippen LogP contribution in [0.15, 0.2) is 59.8 Å². The van der Waals surface area contributed by atoms with Gasteiger partial charge in [0.05, 0.1) is 0 Å². The van der Waals surface area contributed by atoms with Gasteiger partial charge >= 0.3 is 0 Å². The number of para-hydroxylation sites is 1. The van der Waals surface area contributed by atoms with Crippen LogP contribution in [0, 0.1) is 6.92 Å². The highest BCUT2D eigenvalue weighted by Crippen LogP contribution is 2.15. The van der Waals surface area contributed by atoms with Gasteiger partial charge in [-0.15, -0.1) is 0 Å². The maximum absolute atomic E-state index is 11.2. The third-order valence-electron chi connectivity index (χ3n) is 3.44. The van der Waals surface area contributed by atoms with E-state index in [1.807, 2.05) is 25.1 Å². The smallest absolute Gasteiger partial charge is 0.170 e. The summed E-state index contributed by atoms with van der Waals surface area (Å²) in [6.07, 6.45) is 1.22. The van der Waals surface area contributed by atoms with Crippen molar-refractivity contribution in [1.29, 1.82) is 0 Å². The molecular formula is C18H20N4O. The Morgan fingerprint density at radius 2 is 1.96 bits per heavy atom. The fourth-order valence-corrected chi connectivity index (χ4v) is 2.11. The van der Waals surface area contributed by atoms with E-state index in [4.69, 9.17) is 11.5 Å². The van der Waals surface area contributed by atoms with Crippen molar-refractivity contribution in [3.05, 3.63) is 71.4 Å². The molecule has 5 heteroatoms. The van der Waals surface area contributed by atoms with Gasteiger partial charge in [-0.2, -0.15) is 5.10 Å². The standard InChI is InChI=1S/C18H20N4O/c1-12-7-8-14(10-17(12)20)9-13(2)21-22-18(11-23)15-5-3-4-6-16(15)19/h3-8,10-11,21H,2,9,19-20H2,1H3/b22-18+. The Hall–Kier alpha value is -3.08. The van der Waals surface area contributed by atoms with Crippen LogP contribution in [0.2, 0.25) is 0 Å². The molecule has 0 atom stereocenters. The Balaban J connectivity index is 2.08. The van der Waals surface area contributed by atoms with Crippen LogP contribution in [0.1, 0.15) is 16.7 Å². The van der Waals surface area contributed by atoms with Crippen molar-refractivity contribution in [2.75, 3.05) is 11.5 Å². The summed E-state index contributed by atoms with van der Waals surface area (Å²) < 4.78 is 0. The number of carbonyl (C=O) groups is 1. The second kappa shape index (κ2) is 7.26. The molecule has 2 aromatic carbocycles. The zero-order chi connectivity index (χ0) is 16.8. The third-order valence-corrected chi connectivity index (χ3v) is 3.44. The van der Waals surface area contributed by atoms with Crippen molar-refractivity contribution in [2.24, 2.45) is 5.10 Å². The highest BCUT2D eigenvalue weighted by molar-refractivity contribution is 6.37. The van der Waals surface area contributed by atoms with Crippen molar-refractivity contribution >= 4 is 23.4 Å². The van der Waals surface area contributed by atoms with Crippen LogP contribution < -0.4 is 16.9 Å². The number of nitrogens with zero attached hydrogens (tertiary/aromatic N) is 1. The molecule has 5 nitrogen and oxygen atoms in total. The molecule has 0 spiro atoms. The van der Waals surface area contributed by atoms with Gasteiger partial charge in [-0.25, -0.2) is 0 Å². The zero-order valence-electron chi connectivity index (χ0n) is 13.0. The second-order valence-corrected chi connectivity index (χ2v) is 5.29. The van der Waals surface area contributed by atoms with E-state index in [0.717, 1.165) is 16.8 Å². The van der Waals surface area contributed by atoms with Gasteiger partial charge in [-0.3, -0.25) is 10.2 Å². The number of carbonyl (C=O) groups excluding carboxylic acids is 1. The lowest BCUT2D eigenvalue weighted by atomic mass is 10.1. The number of allylic oxidation sites excluding steroid dienone is 1. The summed E-state index contributed by atoms with van der Waals surface area (Å²) in [5.41, 5.74) is 19.3. The van der Waals surface area contributed by atoms with Crippen molar-refractivity contribution in [2.45, 2.75) is 13.3 Å². The number of nitrogens with one attached hydrogen (secondary N) is 1. The molecule has 2 rings (SSSR count). The maximum atomic E-state index is 11.2. The maximum Gasteiger partial charge on any atom is 0.170 e. The molecule has 0 aromatic heterocycles. The summed E-state index contributed by atoms with van der Waals surface area (Å²) >= 11 is 0. The quantitative estimate of drug-likeness (QED) is 0.330.